The molecular weight excluding hydrogens is 255 g/mol. The number of hydrogen-bond acceptors (Lipinski definition) is 4. The van der Waals surface area contributed by atoms with Gasteiger partial charge < -0.3 is 10.4 Å². The second-order valence-corrected chi connectivity index (χ2v) is 4.88. The van der Waals surface area contributed by atoms with Gasteiger partial charge in [-0.15, -0.1) is 0 Å². The molecule has 0 unspecified atom stereocenters. The van der Waals surface area contributed by atoms with E-state index in [0.717, 1.165) is 12.1 Å². The van der Waals surface area contributed by atoms with Gasteiger partial charge in [-0.1, -0.05) is 0 Å². The predicted octanol–water partition coefficient (Wildman–Crippen LogP) is 1.54. The Morgan fingerprint density at radius 1 is 1.53 bits per heavy atom. The lowest BCUT2D eigenvalue weighted by molar-refractivity contribution is -0.385. The van der Waals surface area contributed by atoms with E-state index in [9.17, 15) is 19.3 Å². The molecule has 0 aliphatic heterocycles. The van der Waals surface area contributed by atoms with Crippen molar-refractivity contribution in [1.29, 1.82) is 0 Å². The number of nitro groups is 1. The lowest BCUT2D eigenvalue weighted by atomic mass is 10.0. The van der Waals surface area contributed by atoms with Gasteiger partial charge in [-0.05, 0) is 26.3 Å². The molecule has 0 heterocycles. The molecule has 0 saturated carbocycles. The highest BCUT2D eigenvalue weighted by Gasteiger charge is 2.24. The van der Waals surface area contributed by atoms with Crippen molar-refractivity contribution in [1.82, 2.24) is 5.32 Å². The third kappa shape index (κ3) is 3.47. The summed E-state index contributed by atoms with van der Waals surface area (Å²) in [7, 11) is 0. The number of carbonyl (C=O) groups excluding carboxylic acids is 1. The molecule has 1 aromatic rings. The summed E-state index contributed by atoms with van der Waals surface area (Å²) in [5, 5.41) is 22.1. The van der Waals surface area contributed by atoms with Crippen molar-refractivity contribution in [2.24, 2.45) is 0 Å². The maximum Gasteiger partial charge on any atom is 0.270 e. The highest BCUT2D eigenvalue weighted by atomic mass is 19.1. The van der Waals surface area contributed by atoms with Crippen molar-refractivity contribution >= 4 is 11.6 Å². The summed E-state index contributed by atoms with van der Waals surface area (Å²) in [6.07, 6.45) is 0. The molecule has 0 saturated heterocycles. The summed E-state index contributed by atoms with van der Waals surface area (Å²) in [5.74, 6) is -1.61. The maximum atomic E-state index is 13.8. The second kappa shape index (κ2) is 5.31. The van der Waals surface area contributed by atoms with Crippen LogP contribution in [-0.4, -0.2) is 28.1 Å². The Labute approximate surface area is 109 Å². The minimum atomic E-state index is -0.942. The highest BCUT2D eigenvalue weighted by Crippen LogP contribution is 2.21. The highest BCUT2D eigenvalue weighted by molar-refractivity contribution is 5.95. The van der Waals surface area contributed by atoms with Gasteiger partial charge in [0.25, 0.3) is 11.6 Å². The van der Waals surface area contributed by atoms with Gasteiger partial charge in [-0.3, -0.25) is 14.9 Å². The van der Waals surface area contributed by atoms with Crippen molar-refractivity contribution in [3.63, 3.8) is 0 Å². The molecule has 1 aromatic carbocycles. The normalized spacial score (nSPS) is 11.2. The van der Waals surface area contributed by atoms with E-state index in [1.165, 1.54) is 6.92 Å². The van der Waals surface area contributed by atoms with E-state index in [1.807, 2.05) is 0 Å². The zero-order valence-electron chi connectivity index (χ0n) is 10.9. The first-order valence-electron chi connectivity index (χ1n) is 5.56. The zero-order chi connectivity index (χ0) is 14.8. The number of carbonyl (C=O) groups is 1. The quantitative estimate of drug-likeness (QED) is 0.641. The zero-order valence-corrected chi connectivity index (χ0v) is 10.9. The van der Waals surface area contributed by atoms with Crippen LogP contribution in [0, 0.1) is 22.9 Å². The molecule has 1 amide bonds. The molecule has 0 atom stereocenters. The number of nitro benzene ring substituents is 1. The van der Waals surface area contributed by atoms with Gasteiger partial charge in [0.1, 0.15) is 5.82 Å². The molecule has 0 bridgehead atoms. The second-order valence-electron chi connectivity index (χ2n) is 4.88. The first-order chi connectivity index (χ1) is 8.68. The number of benzene rings is 1. The van der Waals surface area contributed by atoms with E-state index >= 15 is 0 Å². The summed E-state index contributed by atoms with van der Waals surface area (Å²) in [4.78, 5) is 21.9. The summed E-state index contributed by atoms with van der Waals surface area (Å²) >= 11 is 0. The Kier molecular flexibility index (Phi) is 4.21. The molecule has 104 valence electrons. The van der Waals surface area contributed by atoms with E-state index in [-0.39, 0.29) is 17.9 Å². The molecule has 19 heavy (non-hydrogen) atoms. The van der Waals surface area contributed by atoms with Crippen molar-refractivity contribution in [2.45, 2.75) is 26.3 Å². The number of nitrogens with one attached hydrogen (secondary N) is 1. The third-order valence-electron chi connectivity index (χ3n) is 2.54. The topological polar surface area (TPSA) is 92.5 Å². The Hall–Kier alpha value is -2.02. The summed E-state index contributed by atoms with van der Waals surface area (Å²) in [6, 6.07) is 1.94. The van der Waals surface area contributed by atoms with Crippen molar-refractivity contribution in [2.75, 3.05) is 6.61 Å². The minimum absolute atomic E-state index is 0.0150. The Morgan fingerprint density at radius 3 is 2.58 bits per heavy atom. The number of halogens is 1. The summed E-state index contributed by atoms with van der Waals surface area (Å²) < 4.78 is 13.8. The van der Waals surface area contributed by atoms with Gasteiger partial charge in [-0.25, -0.2) is 4.39 Å². The number of hydrogen-bond donors (Lipinski definition) is 2. The lowest BCUT2D eigenvalue weighted by Crippen LogP contribution is -2.46. The number of non-ortho nitro benzene ring substituents is 1. The lowest BCUT2D eigenvalue weighted by Gasteiger charge is -2.23. The number of aliphatic hydroxyl groups is 1. The summed E-state index contributed by atoms with van der Waals surface area (Å²) in [6.45, 7) is 4.10. The van der Waals surface area contributed by atoms with Crippen LogP contribution in [0.2, 0.25) is 0 Å². The van der Waals surface area contributed by atoms with Gasteiger partial charge in [-0.2, -0.15) is 0 Å². The van der Waals surface area contributed by atoms with E-state index in [4.69, 9.17) is 5.11 Å². The maximum absolute atomic E-state index is 13.8. The monoisotopic (exact) mass is 270 g/mol. The smallest absolute Gasteiger partial charge is 0.270 e. The van der Waals surface area contributed by atoms with E-state index in [2.05, 4.69) is 5.32 Å². The molecule has 0 aliphatic carbocycles. The van der Waals surface area contributed by atoms with Crippen molar-refractivity contribution < 1.29 is 19.2 Å². The molecule has 7 heteroatoms. The Bertz CT molecular complexity index is 529. The molecule has 6 nitrogen and oxygen atoms in total. The first-order valence-corrected chi connectivity index (χ1v) is 5.56. The molecule has 0 aliphatic rings. The standard InChI is InChI=1S/C12H15FN2O4/c1-7-4-8(15(18)19)5-9(10(7)13)11(17)14-12(2,3)6-16/h4-5,16H,6H2,1-3H3,(H,14,17). The molecule has 0 aromatic heterocycles. The fourth-order valence-electron chi connectivity index (χ4n) is 1.44. The van der Waals surface area contributed by atoms with E-state index in [0.29, 0.717) is 0 Å². The van der Waals surface area contributed by atoms with Crippen molar-refractivity contribution in [3.05, 3.63) is 39.2 Å². The molecule has 1 rings (SSSR count). The van der Waals surface area contributed by atoms with Crippen LogP contribution in [0.4, 0.5) is 10.1 Å². The largest absolute Gasteiger partial charge is 0.394 e. The van der Waals surface area contributed by atoms with Gasteiger partial charge in [0.15, 0.2) is 0 Å². The van der Waals surface area contributed by atoms with Crippen LogP contribution in [-0.2, 0) is 0 Å². The SMILES string of the molecule is Cc1cc([N+](=O)[O-])cc(C(=O)NC(C)(C)CO)c1F. The number of amides is 1. The first kappa shape index (κ1) is 15.0. The molecular formula is C12H15FN2O4. The van der Waals surface area contributed by atoms with Crippen molar-refractivity contribution in [3.8, 4) is 0 Å². The minimum Gasteiger partial charge on any atom is -0.394 e. The number of rotatable bonds is 4. The average Bonchev–Trinajstić information content (AvgIpc) is 2.31. The third-order valence-corrected chi connectivity index (χ3v) is 2.54. The Balaban J connectivity index is 3.19. The van der Waals surface area contributed by atoms with Gasteiger partial charge in [0.05, 0.1) is 22.6 Å². The van der Waals surface area contributed by atoms with Gasteiger partial charge >= 0.3 is 0 Å². The fourth-order valence-corrected chi connectivity index (χ4v) is 1.44. The average molecular weight is 270 g/mol. The van der Waals surface area contributed by atoms with Crippen LogP contribution < -0.4 is 5.32 Å². The van der Waals surface area contributed by atoms with Crippen LogP contribution in [0.1, 0.15) is 29.8 Å². The number of aryl methyl sites for hydroxylation is 1. The van der Waals surface area contributed by atoms with E-state index in [1.54, 1.807) is 13.8 Å². The van der Waals surface area contributed by atoms with Gasteiger partial charge in [0.2, 0.25) is 0 Å². The molecule has 0 radical (unpaired) electrons. The van der Waals surface area contributed by atoms with Crippen LogP contribution in [0.5, 0.6) is 0 Å². The fraction of sp³-hybridized carbons (Fsp3) is 0.417. The molecule has 0 spiro atoms. The van der Waals surface area contributed by atoms with Gasteiger partial charge in [0, 0.05) is 12.1 Å². The molecule has 2 N–H and O–H groups in total. The molecule has 0 fully saturated rings. The van der Waals surface area contributed by atoms with Crippen LogP contribution >= 0.6 is 0 Å². The van der Waals surface area contributed by atoms with Crippen LogP contribution in [0.25, 0.3) is 0 Å². The van der Waals surface area contributed by atoms with Crippen LogP contribution in [0.3, 0.4) is 0 Å². The Morgan fingerprint density at radius 2 is 2.11 bits per heavy atom. The summed E-state index contributed by atoms with van der Waals surface area (Å²) in [5.41, 5.74) is -1.69. The number of nitrogens with zero attached hydrogens (tertiary/aromatic N) is 1. The predicted molar refractivity (Wildman–Crippen MR) is 66.4 cm³/mol. The van der Waals surface area contributed by atoms with Crippen LogP contribution in [0.15, 0.2) is 12.1 Å². The number of aliphatic hydroxyl groups excluding tert-OH is 1. The van der Waals surface area contributed by atoms with E-state index < -0.39 is 27.8 Å².